The van der Waals surface area contributed by atoms with E-state index >= 15 is 0 Å². The van der Waals surface area contributed by atoms with Crippen molar-refractivity contribution in [1.29, 1.82) is 0 Å². The second-order valence-corrected chi connectivity index (χ2v) is 5.74. The zero-order valence-electron chi connectivity index (χ0n) is 10.1. The lowest BCUT2D eigenvalue weighted by Crippen LogP contribution is -2.05. The van der Waals surface area contributed by atoms with Crippen molar-refractivity contribution in [3.63, 3.8) is 0 Å². The van der Waals surface area contributed by atoms with E-state index in [2.05, 4.69) is 5.32 Å². The van der Waals surface area contributed by atoms with Crippen LogP contribution in [0.5, 0.6) is 0 Å². The lowest BCUT2D eigenvalue weighted by molar-refractivity contribution is 0.818. The van der Waals surface area contributed by atoms with Crippen LogP contribution in [0, 0.1) is 0 Å². The molecule has 2 rings (SSSR count). The average Bonchev–Trinajstić information content (AvgIpc) is 2.31. The van der Waals surface area contributed by atoms with Crippen LogP contribution in [0.15, 0.2) is 30.3 Å². The Hall–Kier alpha value is -0.440. The van der Waals surface area contributed by atoms with Gasteiger partial charge in [0, 0.05) is 22.2 Å². The molecule has 0 fully saturated rings. The van der Waals surface area contributed by atoms with Gasteiger partial charge in [-0.3, -0.25) is 0 Å². The molecule has 19 heavy (non-hydrogen) atoms. The summed E-state index contributed by atoms with van der Waals surface area (Å²) >= 11 is 24.5. The summed E-state index contributed by atoms with van der Waals surface area (Å²) in [4.78, 5) is 0. The van der Waals surface area contributed by atoms with Crippen molar-refractivity contribution < 1.29 is 0 Å². The summed E-state index contributed by atoms with van der Waals surface area (Å²) in [6.07, 6.45) is 0. The van der Waals surface area contributed by atoms with Crippen molar-refractivity contribution in [2.45, 2.75) is 6.54 Å². The van der Waals surface area contributed by atoms with E-state index in [4.69, 9.17) is 46.4 Å². The minimum atomic E-state index is 0.509. The molecule has 2 aromatic carbocycles. The summed E-state index contributed by atoms with van der Waals surface area (Å²) in [5.74, 6) is 0. The second-order valence-electron chi connectivity index (χ2n) is 4.08. The van der Waals surface area contributed by atoms with E-state index in [0.29, 0.717) is 26.6 Å². The van der Waals surface area contributed by atoms with Gasteiger partial charge in [-0.15, -0.1) is 0 Å². The summed E-state index contributed by atoms with van der Waals surface area (Å²) < 4.78 is 0. The van der Waals surface area contributed by atoms with Gasteiger partial charge in [0.1, 0.15) is 0 Å². The van der Waals surface area contributed by atoms with E-state index in [1.165, 1.54) is 0 Å². The first-order chi connectivity index (χ1) is 9.02. The van der Waals surface area contributed by atoms with Crippen molar-refractivity contribution >= 4 is 46.4 Å². The van der Waals surface area contributed by atoms with Gasteiger partial charge in [0.15, 0.2) is 0 Å². The smallest absolute Gasteiger partial charge is 0.0514 e. The summed E-state index contributed by atoms with van der Waals surface area (Å²) in [6, 6.07) is 9.09. The van der Waals surface area contributed by atoms with Gasteiger partial charge in [-0.25, -0.2) is 0 Å². The molecular weight excluding hydrogens is 324 g/mol. The van der Waals surface area contributed by atoms with Crippen LogP contribution in [0.1, 0.15) is 5.56 Å². The van der Waals surface area contributed by atoms with Crippen LogP contribution in [0.4, 0.5) is 0 Å². The molecule has 0 radical (unpaired) electrons. The summed E-state index contributed by atoms with van der Waals surface area (Å²) in [5.41, 5.74) is 2.64. The molecule has 0 bridgehead atoms. The first-order valence-electron chi connectivity index (χ1n) is 5.61. The summed E-state index contributed by atoms with van der Waals surface area (Å²) in [6.45, 7) is 0.710. The van der Waals surface area contributed by atoms with Crippen LogP contribution in [0.2, 0.25) is 20.1 Å². The molecule has 0 aromatic heterocycles. The highest BCUT2D eigenvalue weighted by molar-refractivity contribution is 6.42. The van der Waals surface area contributed by atoms with Crippen LogP contribution >= 0.6 is 46.4 Å². The predicted molar refractivity (Wildman–Crippen MR) is 84.7 cm³/mol. The van der Waals surface area contributed by atoms with E-state index in [1.807, 2.05) is 25.2 Å². The fourth-order valence-electron chi connectivity index (χ4n) is 1.85. The molecule has 0 amide bonds. The van der Waals surface area contributed by atoms with Gasteiger partial charge in [0.25, 0.3) is 0 Å². The predicted octanol–water partition coefficient (Wildman–Crippen LogP) is 5.69. The first kappa shape index (κ1) is 15.0. The van der Waals surface area contributed by atoms with Crippen molar-refractivity contribution in [2.75, 3.05) is 7.05 Å². The largest absolute Gasteiger partial charge is 0.316 e. The third kappa shape index (κ3) is 3.36. The second kappa shape index (κ2) is 6.34. The molecule has 0 aliphatic carbocycles. The minimum Gasteiger partial charge on any atom is -0.316 e. The zero-order chi connectivity index (χ0) is 14.0. The molecule has 1 N–H and O–H groups in total. The van der Waals surface area contributed by atoms with Crippen molar-refractivity contribution in [3.05, 3.63) is 56.0 Å². The van der Waals surface area contributed by atoms with Crippen LogP contribution in [-0.4, -0.2) is 7.05 Å². The highest BCUT2D eigenvalue weighted by Crippen LogP contribution is 2.38. The Morgan fingerprint density at radius 2 is 1.53 bits per heavy atom. The molecule has 100 valence electrons. The molecule has 0 unspecified atom stereocenters. The SMILES string of the molecule is CNCc1ccc(-c2c(Cl)cc(Cl)cc2Cl)cc1Cl. The Labute approximate surface area is 132 Å². The molecule has 0 spiro atoms. The van der Waals surface area contributed by atoms with Crippen molar-refractivity contribution in [3.8, 4) is 11.1 Å². The molecule has 2 aromatic rings. The van der Waals surface area contributed by atoms with Crippen LogP contribution in [-0.2, 0) is 6.54 Å². The summed E-state index contributed by atoms with van der Waals surface area (Å²) in [7, 11) is 1.87. The third-order valence-electron chi connectivity index (χ3n) is 2.72. The first-order valence-corrected chi connectivity index (χ1v) is 7.12. The zero-order valence-corrected chi connectivity index (χ0v) is 13.1. The molecule has 1 nitrogen and oxygen atoms in total. The highest BCUT2D eigenvalue weighted by Gasteiger charge is 2.11. The highest BCUT2D eigenvalue weighted by atomic mass is 35.5. The van der Waals surface area contributed by atoms with Gasteiger partial charge in [0.2, 0.25) is 0 Å². The van der Waals surface area contributed by atoms with Gasteiger partial charge in [0.05, 0.1) is 10.0 Å². The number of halogens is 4. The Morgan fingerprint density at radius 3 is 2.05 bits per heavy atom. The van der Waals surface area contributed by atoms with E-state index in [-0.39, 0.29) is 0 Å². The monoisotopic (exact) mass is 333 g/mol. The molecule has 0 atom stereocenters. The molecular formula is C14H11Cl4N. The molecule has 0 heterocycles. The minimum absolute atomic E-state index is 0.509. The number of hydrogen-bond acceptors (Lipinski definition) is 1. The van der Waals surface area contributed by atoms with Gasteiger partial charge >= 0.3 is 0 Å². The van der Waals surface area contributed by atoms with Crippen LogP contribution in [0.3, 0.4) is 0 Å². The van der Waals surface area contributed by atoms with Crippen LogP contribution in [0.25, 0.3) is 11.1 Å². The topological polar surface area (TPSA) is 12.0 Å². The molecule has 5 heteroatoms. The van der Waals surface area contributed by atoms with E-state index in [0.717, 1.165) is 16.7 Å². The van der Waals surface area contributed by atoms with Gasteiger partial charge in [-0.1, -0.05) is 58.5 Å². The fourth-order valence-corrected chi connectivity index (χ4v) is 3.14. The standard InChI is InChI=1S/C14H11Cl4N/c1-19-7-9-3-2-8(4-11(9)16)14-12(17)5-10(15)6-13(14)18/h2-6,19H,7H2,1H3. The third-order valence-corrected chi connectivity index (χ3v) is 3.88. The Balaban J connectivity index is 2.51. The quantitative estimate of drug-likeness (QED) is 0.760. The Kier molecular flexibility index (Phi) is 4.99. The molecule has 0 aliphatic heterocycles. The van der Waals surface area contributed by atoms with E-state index < -0.39 is 0 Å². The molecule has 0 saturated heterocycles. The molecule has 0 aliphatic rings. The normalized spacial score (nSPS) is 10.8. The lowest BCUT2D eigenvalue weighted by Gasteiger charge is -2.10. The number of nitrogens with one attached hydrogen (secondary N) is 1. The fraction of sp³-hybridized carbons (Fsp3) is 0.143. The van der Waals surface area contributed by atoms with Crippen LogP contribution < -0.4 is 5.32 Å². The van der Waals surface area contributed by atoms with Crippen molar-refractivity contribution in [2.24, 2.45) is 0 Å². The Morgan fingerprint density at radius 1 is 0.895 bits per heavy atom. The van der Waals surface area contributed by atoms with Gasteiger partial charge < -0.3 is 5.32 Å². The van der Waals surface area contributed by atoms with Gasteiger partial charge in [-0.2, -0.15) is 0 Å². The number of rotatable bonds is 3. The lowest BCUT2D eigenvalue weighted by atomic mass is 10.0. The maximum absolute atomic E-state index is 6.24. The maximum atomic E-state index is 6.24. The molecule has 0 saturated carbocycles. The van der Waals surface area contributed by atoms with Crippen molar-refractivity contribution in [1.82, 2.24) is 5.32 Å². The van der Waals surface area contributed by atoms with E-state index in [1.54, 1.807) is 12.1 Å². The summed E-state index contributed by atoms with van der Waals surface area (Å²) in [5, 5.41) is 5.26. The Bertz CT molecular complexity index is 587. The maximum Gasteiger partial charge on any atom is 0.0514 e. The average molecular weight is 335 g/mol. The number of hydrogen-bond donors (Lipinski definition) is 1. The van der Waals surface area contributed by atoms with Gasteiger partial charge in [-0.05, 0) is 36.4 Å². The van der Waals surface area contributed by atoms with E-state index in [9.17, 15) is 0 Å². The number of benzene rings is 2.